The van der Waals surface area contributed by atoms with Gasteiger partial charge in [-0.15, -0.1) is 0 Å². The number of piperazine rings is 1. The van der Waals surface area contributed by atoms with Gasteiger partial charge in [0.25, 0.3) is 5.56 Å². The van der Waals surface area contributed by atoms with Gasteiger partial charge in [-0.3, -0.25) is 14.3 Å². The molecular formula is C21H22F3N9O3. The molecule has 0 aliphatic carbocycles. The highest BCUT2D eigenvalue weighted by Crippen LogP contribution is 2.33. The van der Waals surface area contributed by atoms with Crippen molar-refractivity contribution < 1.29 is 22.7 Å². The zero-order valence-corrected chi connectivity index (χ0v) is 19.2. The molecule has 0 aromatic carbocycles. The fraction of sp³-hybridized carbons (Fsp3) is 0.476. The summed E-state index contributed by atoms with van der Waals surface area (Å²) in [6, 6.07) is 1.42. The summed E-state index contributed by atoms with van der Waals surface area (Å²) in [4.78, 5) is 36.3. The maximum absolute atomic E-state index is 13.4. The third-order valence-corrected chi connectivity index (χ3v) is 5.80. The number of amides is 1. The van der Waals surface area contributed by atoms with Crippen LogP contribution in [0.25, 0.3) is 10.9 Å². The summed E-state index contributed by atoms with van der Waals surface area (Å²) in [5.41, 5.74) is -1.90. The van der Waals surface area contributed by atoms with Gasteiger partial charge in [-0.05, 0) is 13.3 Å². The van der Waals surface area contributed by atoms with E-state index in [0.717, 1.165) is 10.9 Å². The van der Waals surface area contributed by atoms with Crippen molar-refractivity contribution >= 4 is 22.8 Å². The lowest BCUT2D eigenvalue weighted by molar-refractivity contribution is -0.140. The normalized spacial score (nSPS) is 15.2. The van der Waals surface area contributed by atoms with Crippen LogP contribution in [-0.4, -0.2) is 80.1 Å². The number of aromatic nitrogens is 6. The molecule has 1 unspecified atom stereocenters. The summed E-state index contributed by atoms with van der Waals surface area (Å²) < 4.78 is 46.7. The van der Waals surface area contributed by atoms with Crippen molar-refractivity contribution in [3.8, 4) is 6.07 Å². The van der Waals surface area contributed by atoms with Gasteiger partial charge in [0, 0.05) is 32.8 Å². The molecule has 1 fully saturated rings. The van der Waals surface area contributed by atoms with Gasteiger partial charge in [-0.25, -0.2) is 15.1 Å². The van der Waals surface area contributed by atoms with Crippen LogP contribution in [0, 0.1) is 11.3 Å². The number of halogens is 3. The molecule has 1 N–H and O–H groups in total. The highest BCUT2D eigenvalue weighted by molar-refractivity contribution is 5.80. The lowest BCUT2D eigenvalue weighted by Gasteiger charge is -2.34. The molecule has 1 amide bonds. The number of nitriles is 1. The Morgan fingerprint density at radius 2 is 1.92 bits per heavy atom. The monoisotopic (exact) mass is 505 g/mol. The third-order valence-electron chi connectivity index (χ3n) is 5.80. The van der Waals surface area contributed by atoms with Crippen LogP contribution in [0.2, 0.25) is 0 Å². The maximum atomic E-state index is 13.4. The lowest BCUT2D eigenvalue weighted by Crippen LogP contribution is -2.50. The third kappa shape index (κ3) is 5.28. The topological polar surface area (TPSA) is 146 Å². The molecule has 36 heavy (non-hydrogen) atoms. The number of hydrogen-bond donors (Lipinski definition) is 1. The predicted octanol–water partition coefficient (Wildman–Crippen LogP) is 1.12. The van der Waals surface area contributed by atoms with Crippen molar-refractivity contribution in [2.75, 3.05) is 44.3 Å². The van der Waals surface area contributed by atoms with Crippen molar-refractivity contribution in [2.24, 2.45) is 0 Å². The van der Waals surface area contributed by atoms with Gasteiger partial charge in [0.1, 0.15) is 18.1 Å². The number of carbonyl (C=O) groups excluding carboxylic acids is 1. The first-order valence-electron chi connectivity index (χ1n) is 11.0. The molecule has 4 heterocycles. The van der Waals surface area contributed by atoms with Crippen LogP contribution in [0.4, 0.5) is 19.1 Å². The number of H-pyrrole nitrogens is 1. The van der Waals surface area contributed by atoms with Crippen molar-refractivity contribution in [1.82, 2.24) is 34.8 Å². The van der Waals surface area contributed by atoms with Gasteiger partial charge in [0.05, 0.1) is 35.7 Å². The quantitative estimate of drug-likeness (QED) is 0.467. The van der Waals surface area contributed by atoms with Gasteiger partial charge in [-0.2, -0.15) is 28.6 Å². The lowest BCUT2D eigenvalue weighted by atomic mass is 10.2. The Morgan fingerprint density at radius 3 is 2.56 bits per heavy atom. The number of aromatic amines is 1. The Labute approximate surface area is 202 Å². The summed E-state index contributed by atoms with van der Waals surface area (Å²) in [6.45, 7) is 3.52. The molecule has 1 atom stereocenters. The first-order valence-corrected chi connectivity index (χ1v) is 11.0. The maximum Gasteiger partial charge on any atom is 0.435 e. The van der Waals surface area contributed by atoms with Crippen molar-refractivity contribution in [2.45, 2.75) is 25.6 Å². The highest BCUT2D eigenvalue weighted by Gasteiger charge is 2.38. The molecular weight excluding hydrogens is 483 g/mol. The summed E-state index contributed by atoms with van der Waals surface area (Å²) in [7, 11) is 0. The van der Waals surface area contributed by atoms with Gasteiger partial charge in [0.2, 0.25) is 11.9 Å². The largest absolute Gasteiger partial charge is 0.435 e. The fourth-order valence-corrected chi connectivity index (χ4v) is 3.86. The molecule has 1 aliphatic heterocycles. The van der Waals surface area contributed by atoms with E-state index in [9.17, 15) is 22.8 Å². The Morgan fingerprint density at radius 1 is 1.22 bits per heavy atom. The Hall–Kier alpha value is -4.06. The minimum absolute atomic E-state index is 0.0289. The van der Waals surface area contributed by atoms with Crippen LogP contribution < -0.4 is 10.5 Å². The van der Waals surface area contributed by atoms with Crippen LogP contribution in [0.5, 0.6) is 0 Å². The number of hydrogen-bond acceptors (Lipinski definition) is 9. The van der Waals surface area contributed by atoms with Crippen LogP contribution in [-0.2, 0) is 15.7 Å². The van der Waals surface area contributed by atoms with Gasteiger partial charge < -0.3 is 14.5 Å². The Bertz CT molecular complexity index is 1320. The minimum Gasteiger partial charge on any atom is -0.372 e. The second-order valence-corrected chi connectivity index (χ2v) is 8.19. The van der Waals surface area contributed by atoms with Gasteiger partial charge in [-0.1, -0.05) is 0 Å². The molecule has 3 aromatic heterocycles. The minimum atomic E-state index is -4.79. The molecule has 0 saturated carbocycles. The van der Waals surface area contributed by atoms with E-state index in [0.29, 0.717) is 37.7 Å². The molecule has 4 rings (SSSR count). The van der Waals surface area contributed by atoms with Crippen LogP contribution in [0.15, 0.2) is 23.4 Å². The van der Waals surface area contributed by atoms with Crippen LogP contribution in [0.1, 0.15) is 30.6 Å². The number of anilines is 1. The van der Waals surface area contributed by atoms with E-state index >= 15 is 0 Å². The first kappa shape index (κ1) is 25.0. The smallest absolute Gasteiger partial charge is 0.372 e. The standard InChI is InChI=1S/C21H22F3N9O3/c1-13(33-15-11-28-29-19(35)17(15)18(30-33)21(22,23)24)2-7-36-12-16(34)31-3-5-32(6-4-31)20-26-9-14(8-25)10-27-20/h9-11,13H,2-7,12H2,1H3,(H,29,35). The van der Waals surface area contributed by atoms with E-state index in [-0.39, 0.29) is 31.1 Å². The van der Waals surface area contributed by atoms with Crippen LogP contribution in [0.3, 0.4) is 0 Å². The van der Waals surface area contributed by atoms with Gasteiger partial charge >= 0.3 is 6.18 Å². The second kappa shape index (κ2) is 10.3. The van der Waals surface area contributed by atoms with Crippen molar-refractivity contribution in [3.05, 3.63) is 40.2 Å². The number of nitrogens with one attached hydrogen (secondary N) is 1. The van der Waals surface area contributed by atoms with E-state index in [1.54, 1.807) is 11.8 Å². The number of rotatable bonds is 7. The molecule has 0 bridgehead atoms. The molecule has 1 aliphatic rings. The van der Waals surface area contributed by atoms with Gasteiger partial charge in [0.15, 0.2) is 5.69 Å². The molecule has 3 aromatic rings. The first-order chi connectivity index (χ1) is 17.2. The number of fused-ring (bicyclic) bond motifs is 1. The molecule has 15 heteroatoms. The van der Waals surface area contributed by atoms with Crippen molar-refractivity contribution in [1.29, 1.82) is 5.26 Å². The van der Waals surface area contributed by atoms with E-state index in [4.69, 9.17) is 10.00 Å². The molecule has 0 radical (unpaired) electrons. The summed E-state index contributed by atoms with van der Waals surface area (Å²) in [5.74, 6) is 0.283. The predicted molar refractivity (Wildman–Crippen MR) is 119 cm³/mol. The van der Waals surface area contributed by atoms with E-state index < -0.39 is 28.9 Å². The Balaban J connectivity index is 1.27. The number of nitrogens with zero attached hydrogens (tertiary/aromatic N) is 8. The zero-order chi connectivity index (χ0) is 25.9. The van der Waals surface area contributed by atoms with E-state index in [2.05, 4.69) is 20.2 Å². The molecule has 0 spiro atoms. The SMILES string of the molecule is CC(CCOCC(=O)N1CCN(c2ncc(C#N)cn2)CC1)n1nc(C(F)(F)F)c2c(=O)[nH]ncc21. The number of ether oxygens (including phenoxy) is 1. The summed E-state index contributed by atoms with van der Waals surface area (Å²) >= 11 is 0. The summed E-state index contributed by atoms with van der Waals surface area (Å²) in [5, 5.41) is 17.5. The van der Waals surface area contributed by atoms with Crippen LogP contribution >= 0.6 is 0 Å². The fourth-order valence-electron chi connectivity index (χ4n) is 3.86. The van der Waals surface area contributed by atoms with Crippen molar-refractivity contribution in [3.63, 3.8) is 0 Å². The second-order valence-electron chi connectivity index (χ2n) is 8.19. The van der Waals surface area contributed by atoms with E-state index in [1.807, 2.05) is 16.1 Å². The Kier molecular flexibility index (Phi) is 7.15. The average molecular weight is 505 g/mol. The summed E-state index contributed by atoms with van der Waals surface area (Å²) in [6.07, 6.45) is -0.518. The molecule has 1 saturated heterocycles. The van der Waals surface area contributed by atoms with E-state index in [1.165, 1.54) is 12.4 Å². The zero-order valence-electron chi connectivity index (χ0n) is 19.2. The highest BCUT2D eigenvalue weighted by atomic mass is 19.4. The average Bonchev–Trinajstić information content (AvgIpc) is 3.28. The molecule has 12 nitrogen and oxygen atoms in total. The number of carbonyl (C=O) groups is 1. The number of alkyl halides is 3. The molecule has 190 valence electrons.